The Balaban J connectivity index is 2.40. The second kappa shape index (κ2) is 4.51. The molecule has 4 heteroatoms. The first-order valence-electron chi connectivity index (χ1n) is 5.56. The van der Waals surface area contributed by atoms with Crippen LogP contribution in [0.2, 0.25) is 18.1 Å². The molecule has 1 heterocycles. The molecule has 2 nitrogen and oxygen atoms in total. The monoisotopic (exact) mass is 246 g/mol. The highest BCUT2D eigenvalue weighted by Gasteiger charge is 2.38. The van der Waals surface area contributed by atoms with Gasteiger partial charge in [0.15, 0.2) is 13.4 Å². The number of ether oxygens (including phenoxy) is 1. The Hall–Kier alpha value is 0.0669. The van der Waals surface area contributed by atoms with E-state index in [9.17, 15) is 0 Å². The Labute approximate surface area is 99.5 Å². The van der Waals surface area contributed by atoms with Crippen LogP contribution in [0.1, 0.15) is 33.6 Å². The Morgan fingerprint density at radius 2 is 2.07 bits per heavy atom. The smallest absolute Gasteiger partial charge is 0.192 e. The molecule has 1 saturated heterocycles. The molecule has 1 atom stereocenters. The molecule has 0 saturated carbocycles. The normalized spacial score (nSPS) is 23.0. The second-order valence-electron chi connectivity index (χ2n) is 5.72. The lowest BCUT2D eigenvalue weighted by atomic mass is 10.2. The zero-order valence-electron chi connectivity index (χ0n) is 10.4. The van der Waals surface area contributed by atoms with E-state index in [-0.39, 0.29) is 11.1 Å². The van der Waals surface area contributed by atoms with E-state index < -0.39 is 8.32 Å². The summed E-state index contributed by atoms with van der Waals surface area (Å²) in [6, 6.07) is 0. The van der Waals surface area contributed by atoms with E-state index in [1.165, 1.54) is 0 Å². The third-order valence-electron chi connectivity index (χ3n) is 3.40. The molecule has 0 amide bonds. The van der Waals surface area contributed by atoms with E-state index in [1.54, 1.807) is 0 Å². The van der Waals surface area contributed by atoms with Crippen molar-refractivity contribution in [2.24, 2.45) is 0 Å². The molecular weight excluding hydrogens is 224 g/mol. The van der Waals surface area contributed by atoms with Crippen molar-refractivity contribution < 1.29 is 9.16 Å². The van der Waals surface area contributed by atoms with Crippen LogP contribution in [-0.4, -0.2) is 26.1 Å². The van der Waals surface area contributed by atoms with Crippen LogP contribution < -0.4 is 0 Å². The maximum Gasteiger partial charge on any atom is 0.192 e. The minimum absolute atomic E-state index is 0.201. The lowest BCUT2D eigenvalue weighted by Crippen LogP contribution is -2.42. The van der Waals surface area contributed by atoms with Crippen LogP contribution in [0.25, 0.3) is 0 Å². The number of thiocarbonyl (C=S) groups is 1. The van der Waals surface area contributed by atoms with Gasteiger partial charge in [-0.3, -0.25) is 0 Å². The van der Waals surface area contributed by atoms with Gasteiger partial charge in [-0.1, -0.05) is 20.8 Å². The topological polar surface area (TPSA) is 18.5 Å². The van der Waals surface area contributed by atoms with Crippen LogP contribution in [-0.2, 0) is 9.16 Å². The number of hydrogen-bond donors (Lipinski definition) is 0. The van der Waals surface area contributed by atoms with Gasteiger partial charge < -0.3 is 9.16 Å². The minimum atomic E-state index is -1.62. The van der Waals surface area contributed by atoms with Crippen LogP contribution in [0.3, 0.4) is 0 Å². The number of rotatable bonds is 3. The molecule has 0 bridgehead atoms. The minimum Gasteiger partial charge on any atom is -0.482 e. The summed E-state index contributed by atoms with van der Waals surface area (Å²) in [7, 11) is -1.62. The fraction of sp³-hybridized carbons (Fsp3) is 0.909. The van der Waals surface area contributed by atoms with Gasteiger partial charge in [0.25, 0.3) is 0 Å². The van der Waals surface area contributed by atoms with Gasteiger partial charge in [-0.25, -0.2) is 0 Å². The fourth-order valence-corrected chi connectivity index (χ4v) is 2.51. The van der Waals surface area contributed by atoms with Gasteiger partial charge in [0.1, 0.15) is 6.10 Å². The van der Waals surface area contributed by atoms with Crippen LogP contribution >= 0.6 is 12.2 Å². The van der Waals surface area contributed by atoms with Crippen molar-refractivity contribution in [3.05, 3.63) is 0 Å². The lowest BCUT2D eigenvalue weighted by molar-refractivity contribution is 0.132. The number of hydrogen-bond acceptors (Lipinski definition) is 3. The molecule has 0 aliphatic carbocycles. The van der Waals surface area contributed by atoms with Gasteiger partial charge in [0.2, 0.25) is 0 Å². The standard InChI is InChI=1S/C11H22O2SSi/c1-11(2,3)15(4,5)12-8-9-6-7-10(14)13-9/h9H,6-8H2,1-5H3/t9-/m0/s1. The molecule has 1 fully saturated rings. The highest BCUT2D eigenvalue weighted by molar-refractivity contribution is 7.80. The first-order chi connectivity index (χ1) is 6.72. The van der Waals surface area contributed by atoms with E-state index in [0.717, 1.165) is 17.9 Å². The largest absolute Gasteiger partial charge is 0.482 e. The van der Waals surface area contributed by atoms with Crippen molar-refractivity contribution in [3.8, 4) is 0 Å². The molecule has 0 aromatic rings. The van der Waals surface area contributed by atoms with Crippen LogP contribution in [0.15, 0.2) is 0 Å². The third kappa shape index (κ3) is 3.54. The van der Waals surface area contributed by atoms with Gasteiger partial charge in [-0.05, 0) is 36.8 Å². The average Bonchev–Trinajstić information content (AvgIpc) is 2.46. The Morgan fingerprint density at radius 1 is 1.47 bits per heavy atom. The SMILES string of the molecule is CC(C)(C)[Si](C)(C)OC[C@@H]1CCC(=S)O1. The predicted octanol–water partition coefficient (Wildman–Crippen LogP) is 3.51. The molecule has 88 valence electrons. The summed E-state index contributed by atoms with van der Waals surface area (Å²) in [4.78, 5) is 0. The van der Waals surface area contributed by atoms with Gasteiger partial charge in [0, 0.05) is 6.42 Å². The van der Waals surface area contributed by atoms with E-state index in [1.807, 2.05) is 0 Å². The summed E-state index contributed by atoms with van der Waals surface area (Å²) >= 11 is 5.01. The molecular formula is C11H22O2SSi. The highest BCUT2D eigenvalue weighted by Crippen LogP contribution is 2.36. The maximum atomic E-state index is 6.08. The van der Waals surface area contributed by atoms with Crippen molar-refractivity contribution in [2.45, 2.75) is 57.8 Å². The molecule has 0 aromatic carbocycles. The van der Waals surface area contributed by atoms with Crippen molar-refractivity contribution in [3.63, 3.8) is 0 Å². The van der Waals surface area contributed by atoms with Gasteiger partial charge >= 0.3 is 0 Å². The summed E-state index contributed by atoms with van der Waals surface area (Å²) in [5, 5.41) is 1.02. The van der Waals surface area contributed by atoms with Crippen LogP contribution in [0, 0.1) is 0 Å². The van der Waals surface area contributed by atoms with Gasteiger partial charge in [0.05, 0.1) is 6.61 Å². The third-order valence-corrected chi connectivity index (χ3v) is 8.21. The summed E-state index contributed by atoms with van der Waals surface area (Å²) in [6.07, 6.45) is 2.14. The Bertz CT molecular complexity index is 245. The molecule has 1 aliphatic rings. The Morgan fingerprint density at radius 3 is 2.47 bits per heavy atom. The van der Waals surface area contributed by atoms with E-state index >= 15 is 0 Å². The predicted molar refractivity (Wildman–Crippen MR) is 69.9 cm³/mol. The van der Waals surface area contributed by atoms with E-state index in [0.29, 0.717) is 6.61 Å². The van der Waals surface area contributed by atoms with Crippen molar-refractivity contribution in [2.75, 3.05) is 6.61 Å². The zero-order chi connectivity index (χ0) is 11.7. The molecule has 15 heavy (non-hydrogen) atoms. The molecule has 0 radical (unpaired) electrons. The molecule has 1 rings (SSSR count). The van der Waals surface area contributed by atoms with E-state index in [4.69, 9.17) is 21.4 Å². The Kier molecular flexibility index (Phi) is 3.95. The molecule has 0 unspecified atom stereocenters. The first-order valence-corrected chi connectivity index (χ1v) is 8.87. The summed E-state index contributed by atoms with van der Waals surface area (Å²) < 4.78 is 11.6. The first kappa shape index (κ1) is 13.1. The van der Waals surface area contributed by atoms with Crippen molar-refractivity contribution in [1.82, 2.24) is 0 Å². The van der Waals surface area contributed by atoms with Gasteiger partial charge in [-0.15, -0.1) is 0 Å². The summed E-state index contributed by atoms with van der Waals surface area (Å²) in [5.74, 6) is 0. The van der Waals surface area contributed by atoms with Crippen LogP contribution in [0.5, 0.6) is 0 Å². The van der Waals surface area contributed by atoms with Gasteiger partial charge in [-0.2, -0.15) is 0 Å². The summed E-state index contributed by atoms with van der Waals surface area (Å²) in [6.45, 7) is 12.0. The van der Waals surface area contributed by atoms with E-state index in [2.05, 4.69) is 33.9 Å². The van der Waals surface area contributed by atoms with Crippen LogP contribution in [0.4, 0.5) is 0 Å². The molecule has 0 spiro atoms. The van der Waals surface area contributed by atoms with Crippen molar-refractivity contribution in [1.29, 1.82) is 0 Å². The maximum absolute atomic E-state index is 6.08. The molecule has 0 N–H and O–H groups in total. The second-order valence-corrected chi connectivity index (χ2v) is 11.0. The lowest BCUT2D eigenvalue weighted by Gasteiger charge is -2.36. The molecule has 1 aliphatic heterocycles. The highest BCUT2D eigenvalue weighted by atomic mass is 32.1. The fourth-order valence-electron chi connectivity index (χ4n) is 1.22. The average molecular weight is 246 g/mol. The van der Waals surface area contributed by atoms with Crippen molar-refractivity contribution >= 4 is 25.6 Å². The zero-order valence-corrected chi connectivity index (χ0v) is 12.2. The summed E-state index contributed by atoms with van der Waals surface area (Å²) in [5.41, 5.74) is 0. The molecule has 0 aromatic heterocycles. The quantitative estimate of drug-likeness (QED) is 0.561.